The standard InChI is InChI=1S/C22H21Cl3N4O6/c23-22(24,25)21(32)27-16-15(28-29-26)17(33-11-13-7-3-1-4-8-13)18(35-19(16)30)20(31)34-12-14-9-5-2-6-10-14/h1-10,15-19,30H,11-12H2,(H,27,32)/t15-,16-,17+,18+,19?/m1/s1. The Morgan fingerprint density at radius 2 is 1.63 bits per heavy atom. The molecule has 1 unspecified atom stereocenters. The molecule has 5 atom stereocenters. The van der Waals surface area contributed by atoms with Gasteiger partial charge in [0.05, 0.1) is 18.7 Å². The first-order valence-corrected chi connectivity index (χ1v) is 11.5. The van der Waals surface area contributed by atoms with E-state index in [9.17, 15) is 14.7 Å². The average molecular weight is 544 g/mol. The molecule has 1 aliphatic heterocycles. The molecule has 13 heteroatoms. The zero-order valence-corrected chi connectivity index (χ0v) is 20.3. The summed E-state index contributed by atoms with van der Waals surface area (Å²) in [4.78, 5) is 28.0. The van der Waals surface area contributed by atoms with Crippen molar-refractivity contribution in [3.05, 3.63) is 82.2 Å². The van der Waals surface area contributed by atoms with E-state index in [2.05, 4.69) is 15.3 Å². The van der Waals surface area contributed by atoms with Gasteiger partial charge in [-0.25, -0.2) is 4.79 Å². The van der Waals surface area contributed by atoms with Crippen LogP contribution >= 0.6 is 34.8 Å². The number of halogens is 3. The number of carbonyl (C=O) groups is 2. The van der Waals surface area contributed by atoms with Crippen LogP contribution in [-0.2, 0) is 37.0 Å². The number of hydrogen-bond donors (Lipinski definition) is 2. The van der Waals surface area contributed by atoms with E-state index in [-0.39, 0.29) is 13.2 Å². The number of esters is 1. The fourth-order valence-corrected chi connectivity index (χ4v) is 3.57. The lowest BCUT2D eigenvalue weighted by atomic mass is 9.94. The number of nitrogens with one attached hydrogen (secondary N) is 1. The van der Waals surface area contributed by atoms with E-state index in [4.69, 9.17) is 54.5 Å². The van der Waals surface area contributed by atoms with E-state index >= 15 is 0 Å². The molecule has 0 saturated carbocycles. The summed E-state index contributed by atoms with van der Waals surface area (Å²) in [5.74, 6) is -1.96. The third-order valence-corrected chi connectivity index (χ3v) is 5.59. The van der Waals surface area contributed by atoms with E-state index < -0.39 is 46.3 Å². The molecule has 1 heterocycles. The quantitative estimate of drug-likeness (QED) is 0.171. The minimum absolute atomic E-state index is 0.00397. The van der Waals surface area contributed by atoms with Gasteiger partial charge in [-0.3, -0.25) is 4.79 Å². The molecule has 10 nitrogen and oxygen atoms in total. The molecule has 1 saturated heterocycles. The molecular weight excluding hydrogens is 523 g/mol. The summed E-state index contributed by atoms with van der Waals surface area (Å²) in [6, 6.07) is 15.2. The smallest absolute Gasteiger partial charge is 0.338 e. The molecule has 35 heavy (non-hydrogen) atoms. The van der Waals surface area contributed by atoms with E-state index in [0.717, 1.165) is 11.1 Å². The molecule has 0 bridgehead atoms. The van der Waals surface area contributed by atoms with Crippen LogP contribution in [0.1, 0.15) is 11.1 Å². The van der Waals surface area contributed by atoms with Crippen molar-refractivity contribution >= 4 is 46.7 Å². The Labute approximate surface area is 215 Å². The van der Waals surface area contributed by atoms with Gasteiger partial charge < -0.3 is 24.6 Å². The van der Waals surface area contributed by atoms with E-state index in [0.29, 0.717) is 0 Å². The van der Waals surface area contributed by atoms with Crippen LogP contribution in [0.15, 0.2) is 65.8 Å². The molecular formula is C22H21Cl3N4O6. The number of ether oxygens (including phenoxy) is 3. The number of nitrogens with zero attached hydrogens (tertiary/aromatic N) is 3. The summed E-state index contributed by atoms with van der Waals surface area (Å²) in [6.07, 6.45) is -4.57. The van der Waals surface area contributed by atoms with Crippen molar-refractivity contribution in [1.29, 1.82) is 0 Å². The lowest BCUT2D eigenvalue weighted by Gasteiger charge is -2.42. The summed E-state index contributed by atoms with van der Waals surface area (Å²) in [5, 5.41) is 16.5. The Morgan fingerprint density at radius 1 is 1.06 bits per heavy atom. The molecule has 3 rings (SSSR count). The van der Waals surface area contributed by atoms with Crippen molar-refractivity contribution in [2.45, 2.75) is 47.6 Å². The van der Waals surface area contributed by atoms with E-state index in [1.165, 1.54) is 0 Å². The maximum Gasteiger partial charge on any atom is 0.338 e. The second-order valence-corrected chi connectivity index (χ2v) is 9.78. The number of amides is 1. The van der Waals surface area contributed by atoms with E-state index in [1.54, 1.807) is 48.5 Å². The maximum atomic E-state index is 13.0. The molecule has 0 spiro atoms. The molecule has 1 amide bonds. The van der Waals surface area contributed by atoms with Crippen molar-refractivity contribution in [2.75, 3.05) is 0 Å². The Morgan fingerprint density at radius 3 is 2.17 bits per heavy atom. The molecule has 186 valence electrons. The van der Waals surface area contributed by atoms with Gasteiger partial charge >= 0.3 is 5.97 Å². The second kappa shape index (κ2) is 12.4. The van der Waals surface area contributed by atoms with Crippen LogP contribution in [-0.4, -0.2) is 51.4 Å². The Kier molecular flexibility index (Phi) is 9.59. The van der Waals surface area contributed by atoms with Crippen LogP contribution in [0.5, 0.6) is 0 Å². The third-order valence-electron chi connectivity index (χ3n) is 5.08. The van der Waals surface area contributed by atoms with Crippen molar-refractivity contribution in [3.8, 4) is 0 Å². The van der Waals surface area contributed by atoms with Crippen molar-refractivity contribution in [2.24, 2.45) is 5.11 Å². The van der Waals surface area contributed by atoms with Crippen molar-refractivity contribution in [3.63, 3.8) is 0 Å². The van der Waals surface area contributed by atoms with Crippen LogP contribution < -0.4 is 5.32 Å². The molecule has 1 aliphatic rings. The predicted molar refractivity (Wildman–Crippen MR) is 127 cm³/mol. The highest BCUT2D eigenvalue weighted by Gasteiger charge is 2.51. The molecule has 0 radical (unpaired) electrons. The van der Waals surface area contributed by atoms with Crippen LogP contribution in [0.3, 0.4) is 0 Å². The molecule has 2 aromatic rings. The predicted octanol–water partition coefficient (Wildman–Crippen LogP) is 3.57. The maximum absolute atomic E-state index is 13.0. The first-order chi connectivity index (χ1) is 16.7. The molecule has 0 aromatic heterocycles. The van der Waals surface area contributed by atoms with Crippen LogP contribution in [0, 0.1) is 0 Å². The summed E-state index contributed by atoms with van der Waals surface area (Å²) < 4.78 is 14.4. The number of azide groups is 1. The van der Waals surface area contributed by atoms with Gasteiger partial charge in [0.1, 0.15) is 12.7 Å². The van der Waals surface area contributed by atoms with Crippen LogP contribution in [0.25, 0.3) is 10.4 Å². The summed E-state index contributed by atoms with van der Waals surface area (Å²) in [7, 11) is 0. The van der Waals surface area contributed by atoms with Crippen LogP contribution in [0.2, 0.25) is 0 Å². The third kappa shape index (κ3) is 7.46. The highest BCUT2D eigenvalue weighted by atomic mass is 35.6. The Bertz CT molecular complexity index is 1050. The first-order valence-electron chi connectivity index (χ1n) is 10.3. The normalized spacial score (nSPS) is 24.2. The minimum atomic E-state index is -2.37. The van der Waals surface area contributed by atoms with Gasteiger partial charge in [0.15, 0.2) is 12.4 Å². The lowest BCUT2D eigenvalue weighted by Crippen LogP contribution is -2.65. The van der Waals surface area contributed by atoms with Gasteiger partial charge in [-0.05, 0) is 16.7 Å². The zero-order valence-electron chi connectivity index (χ0n) is 18.0. The molecule has 0 aliphatic carbocycles. The fourth-order valence-electron chi connectivity index (χ4n) is 3.40. The second-order valence-electron chi connectivity index (χ2n) is 7.49. The minimum Gasteiger partial charge on any atom is -0.459 e. The number of aliphatic hydroxyl groups is 1. The van der Waals surface area contributed by atoms with Gasteiger partial charge in [-0.15, -0.1) is 0 Å². The zero-order chi connectivity index (χ0) is 25.4. The van der Waals surface area contributed by atoms with Gasteiger partial charge in [0.25, 0.3) is 9.70 Å². The number of aliphatic hydroxyl groups excluding tert-OH is 1. The highest BCUT2D eigenvalue weighted by Crippen LogP contribution is 2.30. The number of benzene rings is 2. The van der Waals surface area contributed by atoms with E-state index in [1.807, 2.05) is 12.1 Å². The topological polar surface area (TPSA) is 143 Å². The largest absolute Gasteiger partial charge is 0.459 e. The summed E-state index contributed by atoms with van der Waals surface area (Å²) in [6.45, 7) is -0.0728. The molecule has 2 N–H and O–H groups in total. The average Bonchev–Trinajstić information content (AvgIpc) is 2.84. The number of carbonyl (C=O) groups excluding carboxylic acids is 2. The first kappa shape index (κ1) is 27.0. The van der Waals surface area contributed by atoms with Crippen molar-refractivity contribution < 1.29 is 28.9 Å². The fraction of sp³-hybridized carbons (Fsp3) is 0.364. The van der Waals surface area contributed by atoms with Gasteiger partial charge in [-0.1, -0.05) is 101 Å². The van der Waals surface area contributed by atoms with Crippen molar-refractivity contribution in [1.82, 2.24) is 5.32 Å². The Balaban J connectivity index is 1.86. The number of rotatable bonds is 8. The van der Waals surface area contributed by atoms with Crippen LogP contribution in [0.4, 0.5) is 0 Å². The summed E-state index contributed by atoms with van der Waals surface area (Å²) in [5.41, 5.74) is 10.6. The SMILES string of the molecule is [N-]=[N+]=N[C@H]1[C@H](OCc2ccccc2)[C@@H](C(=O)OCc2ccccc2)OC(O)[C@@H]1NC(=O)C(Cl)(Cl)Cl. The van der Waals surface area contributed by atoms with Gasteiger partial charge in [0, 0.05) is 4.91 Å². The van der Waals surface area contributed by atoms with Gasteiger partial charge in [-0.2, -0.15) is 0 Å². The molecule has 2 aromatic carbocycles. The Hall–Kier alpha value is -2.56. The molecule has 1 fully saturated rings. The van der Waals surface area contributed by atoms with Gasteiger partial charge in [0.2, 0.25) is 0 Å². The monoisotopic (exact) mass is 542 g/mol. The number of alkyl halides is 3. The number of hydrogen-bond acceptors (Lipinski definition) is 7. The summed E-state index contributed by atoms with van der Waals surface area (Å²) >= 11 is 16.9. The highest BCUT2D eigenvalue weighted by molar-refractivity contribution is 6.76. The lowest BCUT2D eigenvalue weighted by molar-refractivity contribution is -0.238.